The molecule has 0 fully saturated rings. The Morgan fingerprint density at radius 1 is 1.08 bits per heavy atom. The number of hydrogen-bond acceptors (Lipinski definition) is 2. The van der Waals surface area contributed by atoms with E-state index >= 15 is 0 Å². The first-order valence-electron chi connectivity index (χ1n) is 8.15. The molecule has 0 saturated heterocycles. The van der Waals surface area contributed by atoms with Gasteiger partial charge in [-0.15, -0.1) is 0 Å². The average Bonchev–Trinajstić information content (AvgIpc) is 3.00. The minimum atomic E-state index is -4.49. The van der Waals surface area contributed by atoms with E-state index in [9.17, 15) is 18.0 Å². The zero-order valence-corrected chi connectivity index (χ0v) is 13.4. The number of rotatable bonds is 0. The summed E-state index contributed by atoms with van der Waals surface area (Å²) in [6.07, 6.45) is -3.87. The second-order valence-corrected chi connectivity index (χ2v) is 6.40. The third kappa shape index (κ3) is 2.03. The summed E-state index contributed by atoms with van der Waals surface area (Å²) in [5.41, 5.74) is 1.77. The van der Waals surface area contributed by atoms with Gasteiger partial charge in [-0.05, 0) is 36.2 Å². The van der Waals surface area contributed by atoms with Gasteiger partial charge in [0, 0.05) is 17.4 Å². The number of aryl methyl sites for hydroxylation is 1. The van der Waals surface area contributed by atoms with E-state index in [-0.39, 0.29) is 10.9 Å². The fraction of sp³-hybridized carbons (Fsp3) is 0.158. The molecular formula is C19H12F3N3O. The Morgan fingerprint density at radius 3 is 2.69 bits per heavy atom. The van der Waals surface area contributed by atoms with Crippen LogP contribution in [0.5, 0.6) is 0 Å². The lowest BCUT2D eigenvalue weighted by atomic mass is 10.0. The van der Waals surface area contributed by atoms with Crippen molar-refractivity contribution in [1.29, 1.82) is 0 Å². The topological polar surface area (TPSA) is 50.7 Å². The summed E-state index contributed by atoms with van der Waals surface area (Å²) >= 11 is 0. The summed E-state index contributed by atoms with van der Waals surface area (Å²) in [5.74, 6) is 0.472. The number of nitrogens with one attached hydrogen (secondary N) is 1. The molecule has 2 aromatic carbocycles. The van der Waals surface area contributed by atoms with Crippen molar-refractivity contribution >= 4 is 21.8 Å². The summed E-state index contributed by atoms with van der Waals surface area (Å²) in [7, 11) is 0. The molecule has 130 valence electrons. The monoisotopic (exact) mass is 355 g/mol. The number of halogens is 3. The highest BCUT2D eigenvalue weighted by Crippen LogP contribution is 2.34. The van der Waals surface area contributed by atoms with Crippen molar-refractivity contribution in [3.63, 3.8) is 0 Å². The number of aromatic amines is 1. The fourth-order valence-electron chi connectivity index (χ4n) is 3.67. The van der Waals surface area contributed by atoms with Crippen LogP contribution in [0.2, 0.25) is 0 Å². The first kappa shape index (κ1) is 15.2. The maximum absolute atomic E-state index is 13.0. The second-order valence-electron chi connectivity index (χ2n) is 6.40. The van der Waals surface area contributed by atoms with E-state index in [1.165, 1.54) is 10.6 Å². The standard InChI is InChI=1S/C19H12F3N3O/c20-19(21,22)10-5-6-15-13(9-10)18(26)25-8-7-12-11-3-1-2-4-14(11)23-16(12)17(25)24-15/h1-6,9,23H,7-8H2. The maximum Gasteiger partial charge on any atom is 0.416 e. The highest BCUT2D eigenvalue weighted by atomic mass is 19.4. The second kappa shape index (κ2) is 4.97. The normalized spacial score (nSPS) is 13.8. The quantitative estimate of drug-likeness (QED) is 0.516. The first-order chi connectivity index (χ1) is 12.4. The molecule has 1 N–H and O–H groups in total. The Hall–Kier alpha value is -3.09. The van der Waals surface area contributed by atoms with Crippen LogP contribution in [0.4, 0.5) is 13.2 Å². The smallest absolute Gasteiger partial charge is 0.352 e. The van der Waals surface area contributed by atoms with Gasteiger partial charge in [-0.1, -0.05) is 18.2 Å². The average molecular weight is 355 g/mol. The van der Waals surface area contributed by atoms with Gasteiger partial charge < -0.3 is 4.98 Å². The minimum absolute atomic E-state index is 0.0110. The number of para-hydroxylation sites is 1. The van der Waals surface area contributed by atoms with Crippen molar-refractivity contribution < 1.29 is 13.2 Å². The number of benzene rings is 2. The lowest BCUT2D eigenvalue weighted by Gasteiger charge is -2.19. The predicted molar refractivity (Wildman–Crippen MR) is 92.0 cm³/mol. The molecule has 5 rings (SSSR count). The summed E-state index contributed by atoms with van der Waals surface area (Å²) in [4.78, 5) is 20.6. The van der Waals surface area contributed by atoms with E-state index in [2.05, 4.69) is 9.97 Å². The number of alkyl halides is 3. The number of H-pyrrole nitrogens is 1. The maximum atomic E-state index is 13.0. The van der Waals surface area contributed by atoms with E-state index in [1.54, 1.807) is 0 Å². The number of hydrogen-bond donors (Lipinski definition) is 1. The molecule has 26 heavy (non-hydrogen) atoms. The molecule has 1 aliphatic rings. The Kier molecular flexibility index (Phi) is 2.90. The van der Waals surface area contributed by atoms with Crippen LogP contribution in [0.3, 0.4) is 0 Å². The molecule has 0 spiro atoms. The zero-order chi connectivity index (χ0) is 18.1. The molecule has 2 aromatic heterocycles. The molecule has 1 aliphatic heterocycles. The Balaban J connectivity index is 1.81. The van der Waals surface area contributed by atoms with Gasteiger partial charge in [-0.25, -0.2) is 4.98 Å². The first-order valence-corrected chi connectivity index (χ1v) is 8.15. The Labute approximate surface area is 144 Å². The van der Waals surface area contributed by atoms with Crippen molar-refractivity contribution in [1.82, 2.24) is 14.5 Å². The summed E-state index contributed by atoms with van der Waals surface area (Å²) in [6.45, 7) is 0.391. The third-order valence-electron chi connectivity index (χ3n) is 4.90. The summed E-state index contributed by atoms with van der Waals surface area (Å²) < 4.78 is 40.4. The molecule has 0 radical (unpaired) electrons. The van der Waals surface area contributed by atoms with Gasteiger partial charge in [0.15, 0.2) is 5.82 Å². The number of aromatic nitrogens is 3. The van der Waals surface area contributed by atoms with E-state index in [4.69, 9.17) is 0 Å². The molecule has 0 amide bonds. The number of fused-ring (bicyclic) bond motifs is 6. The van der Waals surface area contributed by atoms with Crippen molar-refractivity contribution in [2.75, 3.05) is 0 Å². The van der Waals surface area contributed by atoms with Crippen molar-refractivity contribution in [3.8, 4) is 11.5 Å². The number of nitrogens with zero attached hydrogens (tertiary/aromatic N) is 2. The van der Waals surface area contributed by atoms with Crippen LogP contribution in [0.1, 0.15) is 11.1 Å². The lowest BCUT2D eigenvalue weighted by Crippen LogP contribution is -2.27. The third-order valence-corrected chi connectivity index (χ3v) is 4.90. The SMILES string of the molecule is O=c1c2cc(C(F)(F)F)ccc2nc2n1CCc1c-2[nH]c2ccccc12. The van der Waals surface area contributed by atoms with Crippen LogP contribution in [0.25, 0.3) is 33.3 Å². The largest absolute Gasteiger partial charge is 0.416 e. The summed E-state index contributed by atoms with van der Waals surface area (Å²) in [5, 5.41) is 1.07. The Morgan fingerprint density at radius 2 is 1.88 bits per heavy atom. The van der Waals surface area contributed by atoms with Crippen LogP contribution in [-0.2, 0) is 19.1 Å². The fourth-order valence-corrected chi connectivity index (χ4v) is 3.67. The van der Waals surface area contributed by atoms with Gasteiger partial charge in [0.25, 0.3) is 5.56 Å². The highest BCUT2D eigenvalue weighted by Gasteiger charge is 2.31. The van der Waals surface area contributed by atoms with Gasteiger partial charge in [0.05, 0.1) is 22.2 Å². The molecule has 0 aliphatic carbocycles. The van der Waals surface area contributed by atoms with Crippen LogP contribution in [-0.4, -0.2) is 14.5 Å². The van der Waals surface area contributed by atoms with Crippen molar-refractivity contribution in [2.24, 2.45) is 0 Å². The highest BCUT2D eigenvalue weighted by molar-refractivity contribution is 5.91. The molecule has 4 nitrogen and oxygen atoms in total. The lowest BCUT2D eigenvalue weighted by molar-refractivity contribution is -0.137. The van der Waals surface area contributed by atoms with Gasteiger partial charge in [0.2, 0.25) is 0 Å². The van der Waals surface area contributed by atoms with E-state index < -0.39 is 17.3 Å². The Bertz CT molecular complexity index is 1250. The van der Waals surface area contributed by atoms with Crippen LogP contribution < -0.4 is 5.56 Å². The predicted octanol–water partition coefficient (Wildman–Crippen LogP) is 4.12. The van der Waals surface area contributed by atoms with Gasteiger partial charge >= 0.3 is 6.18 Å². The van der Waals surface area contributed by atoms with E-state index in [1.807, 2.05) is 24.3 Å². The van der Waals surface area contributed by atoms with Crippen LogP contribution in [0, 0.1) is 0 Å². The van der Waals surface area contributed by atoms with E-state index in [0.717, 1.165) is 34.3 Å². The molecule has 0 unspecified atom stereocenters. The van der Waals surface area contributed by atoms with Crippen LogP contribution >= 0.6 is 0 Å². The summed E-state index contributed by atoms with van der Waals surface area (Å²) in [6, 6.07) is 10.9. The molecule has 7 heteroatoms. The molecule has 3 heterocycles. The molecule has 4 aromatic rings. The molecule has 0 atom stereocenters. The molecule has 0 bridgehead atoms. The van der Waals surface area contributed by atoms with Crippen LogP contribution in [0.15, 0.2) is 47.3 Å². The van der Waals surface area contributed by atoms with Gasteiger partial charge in [-0.2, -0.15) is 13.2 Å². The van der Waals surface area contributed by atoms with E-state index in [0.29, 0.717) is 18.8 Å². The molecule has 0 saturated carbocycles. The van der Waals surface area contributed by atoms with Gasteiger partial charge in [0.1, 0.15) is 0 Å². The zero-order valence-electron chi connectivity index (χ0n) is 13.4. The van der Waals surface area contributed by atoms with Crippen molar-refractivity contribution in [3.05, 3.63) is 63.9 Å². The van der Waals surface area contributed by atoms with Gasteiger partial charge in [-0.3, -0.25) is 9.36 Å². The van der Waals surface area contributed by atoms with Crippen molar-refractivity contribution in [2.45, 2.75) is 19.1 Å². The minimum Gasteiger partial charge on any atom is -0.352 e. The molecular weight excluding hydrogens is 343 g/mol.